The fraction of sp³-hybridized carbons (Fsp3) is 0.500. The first-order valence-corrected chi connectivity index (χ1v) is 8.40. The number of carboxylic acids is 1. The zero-order valence-electron chi connectivity index (χ0n) is 12.0. The van der Waals surface area contributed by atoms with Crippen LogP contribution in [0.15, 0.2) is 30.3 Å². The third-order valence-corrected chi connectivity index (χ3v) is 4.84. The molecular weight excluding hydrogens is 286 g/mol. The molecule has 0 saturated carbocycles. The minimum absolute atomic E-state index is 0.0846. The van der Waals surface area contributed by atoms with E-state index < -0.39 is 5.97 Å². The van der Waals surface area contributed by atoms with Gasteiger partial charge in [0.2, 0.25) is 5.91 Å². The molecular formula is C16H21NO3S. The summed E-state index contributed by atoms with van der Waals surface area (Å²) >= 11 is 1.43. The smallest absolute Gasteiger partial charge is 0.304 e. The van der Waals surface area contributed by atoms with Crippen molar-refractivity contribution in [2.24, 2.45) is 0 Å². The van der Waals surface area contributed by atoms with Crippen molar-refractivity contribution in [3.63, 3.8) is 0 Å². The van der Waals surface area contributed by atoms with Crippen LogP contribution in [0.1, 0.15) is 36.5 Å². The van der Waals surface area contributed by atoms with Gasteiger partial charge in [0, 0.05) is 18.8 Å². The highest BCUT2D eigenvalue weighted by Crippen LogP contribution is 2.32. The first-order valence-electron chi connectivity index (χ1n) is 7.35. The Morgan fingerprint density at radius 2 is 1.81 bits per heavy atom. The van der Waals surface area contributed by atoms with Crippen molar-refractivity contribution in [2.75, 3.05) is 18.8 Å². The first-order chi connectivity index (χ1) is 10.2. The van der Waals surface area contributed by atoms with Crippen molar-refractivity contribution in [2.45, 2.75) is 30.9 Å². The Hall–Kier alpha value is -1.49. The van der Waals surface area contributed by atoms with E-state index >= 15 is 0 Å². The van der Waals surface area contributed by atoms with Crippen LogP contribution in [0.2, 0.25) is 0 Å². The highest BCUT2D eigenvalue weighted by molar-refractivity contribution is 8.00. The standard InChI is InChI=1S/C16H21NO3S/c18-14(19)9-12-21-15(13-7-3-1-4-8-13)16(20)17-10-5-2-6-11-17/h1,3-4,7-8,15H,2,5-6,9-12H2,(H,18,19)/t15-/m1/s1. The van der Waals surface area contributed by atoms with Gasteiger partial charge < -0.3 is 10.0 Å². The van der Waals surface area contributed by atoms with E-state index in [1.807, 2.05) is 35.2 Å². The lowest BCUT2D eigenvalue weighted by molar-refractivity contribution is -0.136. The second kappa shape index (κ2) is 8.08. The molecule has 0 aliphatic carbocycles. The van der Waals surface area contributed by atoms with Crippen LogP contribution in [0.25, 0.3) is 0 Å². The number of rotatable bonds is 6. The third-order valence-electron chi connectivity index (χ3n) is 3.59. The quantitative estimate of drug-likeness (QED) is 0.878. The average molecular weight is 307 g/mol. The van der Waals surface area contributed by atoms with E-state index in [4.69, 9.17) is 5.11 Å². The topological polar surface area (TPSA) is 57.6 Å². The monoisotopic (exact) mass is 307 g/mol. The lowest BCUT2D eigenvalue weighted by Crippen LogP contribution is -2.38. The third kappa shape index (κ3) is 4.77. The molecule has 0 aromatic heterocycles. The van der Waals surface area contributed by atoms with Gasteiger partial charge in [-0.2, -0.15) is 0 Å². The number of carbonyl (C=O) groups is 2. The maximum Gasteiger partial charge on any atom is 0.304 e. The molecule has 1 atom stereocenters. The van der Waals surface area contributed by atoms with E-state index in [0.29, 0.717) is 5.75 Å². The molecule has 0 spiro atoms. The SMILES string of the molecule is O=C(O)CCS[C@@H](C(=O)N1CCCCC1)c1ccccc1. The maximum atomic E-state index is 12.7. The van der Waals surface area contributed by atoms with Gasteiger partial charge in [-0.25, -0.2) is 0 Å². The van der Waals surface area contributed by atoms with Gasteiger partial charge >= 0.3 is 5.97 Å². The summed E-state index contributed by atoms with van der Waals surface area (Å²) in [5.41, 5.74) is 0.962. The van der Waals surface area contributed by atoms with E-state index in [-0.39, 0.29) is 17.6 Å². The van der Waals surface area contributed by atoms with E-state index in [9.17, 15) is 9.59 Å². The number of carboxylic acid groups (broad SMARTS) is 1. The number of carbonyl (C=O) groups excluding carboxylic acids is 1. The zero-order chi connectivity index (χ0) is 15.1. The predicted molar refractivity (Wildman–Crippen MR) is 84.3 cm³/mol. The molecule has 114 valence electrons. The molecule has 1 fully saturated rings. The summed E-state index contributed by atoms with van der Waals surface area (Å²) in [6.45, 7) is 1.64. The van der Waals surface area contributed by atoms with Crippen molar-refractivity contribution in [3.8, 4) is 0 Å². The van der Waals surface area contributed by atoms with E-state index in [1.54, 1.807) is 0 Å². The van der Waals surface area contributed by atoms with Gasteiger partial charge in [0.05, 0.1) is 6.42 Å². The minimum atomic E-state index is -0.820. The molecule has 0 bridgehead atoms. The van der Waals surface area contributed by atoms with Gasteiger partial charge in [-0.1, -0.05) is 30.3 Å². The summed E-state index contributed by atoms with van der Waals surface area (Å²) in [6, 6.07) is 9.65. The summed E-state index contributed by atoms with van der Waals surface area (Å²) in [5, 5.41) is 8.49. The van der Waals surface area contributed by atoms with Crippen molar-refractivity contribution in [3.05, 3.63) is 35.9 Å². The molecule has 1 saturated heterocycles. The molecule has 1 aliphatic heterocycles. The molecule has 1 aliphatic rings. The summed E-state index contributed by atoms with van der Waals surface area (Å²) in [6.07, 6.45) is 3.40. The Bertz CT molecular complexity index is 472. The van der Waals surface area contributed by atoms with Gasteiger partial charge in [-0.3, -0.25) is 9.59 Å². The van der Waals surface area contributed by atoms with E-state index in [1.165, 1.54) is 18.2 Å². The molecule has 2 rings (SSSR count). The normalized spacial score (nSPS) is 16.5. The number of benzene rings is 1. The van der Waals surface area contributed by atoms with Crippen LogP contribution in [-0.2, 0) is 9.59 Å². The molecule has 4 nitrogen and oxygen atoms in total. The number of thioether (sulfide) groups is 1. The fourth-order valence-electron chi connectivity index (χ4n) is 2.48. The highest BCUT2D eigenvalue weighted by atomic mass is 32.2. The summed E-state index contributed by atoms with van der Waals surface area (Å²) in [5.74, 6) is -0.245. The van der Waals surface area contributed by atoms with Crippen molar-refractivity contribution < 1.29 is 14.7 Å². The Labute approximate surface area is 129 Å². The number of amides is 1. The lowest BCUT2D eigenvalue weighted by atomic mass is 10.1. The van der Waals surface area contributed by atoms with E-state index in [0.717, 1.165) is 31.5 Å². The number of hydrogen-bond acceptors (Lipinski definition) is 3. The lowest BCUT2D eigenvalue weighted by Gasteiger charge is -2.30. The van der Waals surface area contributed by atoms with Crippen LogP contribution in [0.3, 0.4) is 0 Å². The molecule has 5 heteroatoms. The summed E-state index contributed by atoms with van der Waals surface area (Å²) in [4.78, 5) is 25.3. The van der Waals surface area contributed by atoms with Crippen LogP contribution >= 0.6 is 11.8 Å². The molecule has 1 N–H and O–H groups in total. The molecule has 1 heterocycles. The number of hydrogen-bond donors (Lipinski definition) is 1. The Morgan fingerprint density at radius 3 is 2.43 bits per heavy atom. The molecule has 21 heavy (non-hydrogen) atoms. The summed E-state index contributed by atoms with van der Waals surface area (Å²) in [7, 11) is 0. The van der Waals surface area contributed by atoms with Gasteiger partial charge in [0.15, 0.2) is 0 Å². The number of likely N-dealkylation sites (tertiary alicyclic amines) is 1. The number of nitrogens with zero attached hydrogens (tertiary/aromatic N) is 1. The van der Waals surface area contributed by atoms with Crippen LogP contribution in [0.4, 0.5) is 0 Å². The first kappa shape index (κ1) is 15.9. The molecule has 0 unspecified atom stereocenters. The zero-order valence-corrected chi connectivity index (χ0v) is 12.8. The van der Waals surface area contributed by atoms with E-state index in [2.05, 4.69) is 0 Å². The average Bonchev–Trinajstić information content (AvgIpc) is 2.52. The number of piperidine rings is 1. The van der Waals surface area contributed by atoms with Gasteiger partial charge in [0.1, 0.15) is 5.25 Å². The Morgan fingerprint density at radius 1 is 1.14 bits per heavy atom. The Kier molecular flexibility index (Phi) is 6.11. The number of aliphatic carboxylic acids is 1. The van der Waals surface area contributed by atoms with Crippen molar-refractivity contribution in [1.82, 2.24) is 4.90 Å². The molecule has 0 radical (unpaired) electrons. The highest BCUT2D eigenvalue weighted by Gasteiger charge is 2.27. The second-order valence-electron chi connectivity index (χ2n) is 5.19. The predicted octanol–water partition coefficient (Wildman–Crippen LogP) is 2.95. The van der Waals surface area contributed by atoms with Crippen molar-refractivity contribution >= 4 is 23.6 Å². The fourth-order valence-corrected chi connectivity index (χ4v) is 3.65. The van der Waals surface area contributed by atoms with Crippen LogP contribution in [0.5, 0.6) is 0 Å². The minimum Gasteiger partial charge on any atom is -0.481 e. The van der Waals surface area contributed by atoms with Gasteiger partial charge in [-0.15, -0.1) is 11.8 Å². The van der Waals surface area contributed by atoms with Gasteiger partial charge in [0.25, 0.3) is 0 Å². The van der Waals surface area contributed by atoms with Gasteiger partial charge in [-0.05, 0) is 24.8 Å². The summed E-state index contributed by atoms with van der Waals surface area (Å²) < 4.78 is 0. The molecule has 1 amide bonds. The van der Waals surface area contributed by atoms with Crippen molar-refractivity contribution in [1.29, 1.82) is 0 Å². The maximum absolute atomic E-state index is 12.7. The van der Waals surface area contributed by atoms with Crippen LogP contribution in [-0.4, -0.2) is 40.7 Å². The molecule has 1 aromatic rings. The van der Waals surface area contributed by atoms with Crippen LogP contribution in [0, 0.1) is 0 Å². The molecule has 1 aromatic carbocycles. The van der Waals surface area contributed by atoms with Crippen LogP contribution < -0.4 is 0 Å². The largest absolute Gasteiger partial charge is 0.481 e. The second-order valence-corrected chi connectivity index (χ2v) is 6.40. The Balaban J connectivity index is 2.06.